The highest BCUT2D eigenvalue weighted by Crippen LogP contribution is 2.33. The molecule has 2 unspecified atom stereocenters. The maximum atomic E-state index is 10.7. The van der Waals surface area contributed by atoms with Crippen molar-refractivity contribution < 1.29 is 14.6 Å². The first-order valence-electron chi connectivity index (χ1n) is 4.83. The van der Waals surface area contributed by atoms with Crippen LogP contribution in [0.15, 0.2) is 0 Å². The van der Waals surface area contributed by atoms with Gasteiger partial charge in [0.15, 0.2) is 6.10 Å². The second-order valence-electron chi connectivity index (χ2n) is 3.95. The Morgan fingerprint density at radius 1 is 1.50 bits per heavy atom. The van der Waals surface area contributed by atoms with Crippen molar-refractivity contribution in [1.82, 2.24) is 5.32 Å². The molecule has 0 amide bonds. The first-order valence-corrected chi connectivity index (χ1v) is 4.83. The van der Waals surface area contributed by atoms with Crippen LogP contribution in [0, 0.1) is 0 Å². The fourth-order valence-electron chi connectivity index (χ4n) is 2.24. The summed E-state index contributed by atoms with van der Waals surface area (Å²) in [6, 6.07) is 0. The van der Waals surface area contributed by atoms with Crippen molar-refractivity contribution in [2.24, 2.45) is 0 Å². The van der Waals surface area contributed by atoms with E-state index < -0.39 is 12.1 Å². The van der Waals surface area contributed by atoms with Gasteiger partial charge in [-0.15, -0.1) is 12.4 Å². The average Bonchev–Trinajstić information content (AvgIpc) is 2.53. The van der Waals surface area contributed by atoms with Gasteiger partial charge in [-0.05, 0) is 32.2 Å². The van der Waals surface area contributed by atoms with Crippen LogP contribution in [-0.4, -0.2) is 35.9 Å². The van der Waals surface area contributed by atoms with Crippen molar-refractivity contribution in [3.8, 4) is 0 Å². The summed E-state index contributed by atoms with van der Waals surface area (Å²) in [6.07, 6.45) is 3.02. The zero-order valence-electron chi connectivity index (χ0n) is 7.99. The predicted molar refractivity (Wildman–Crippen MR) is 53.8 cm³/mol. The maximum Gasteiger partial charge on any atom is 0.332 e. The number of carboxylic acids is 1. The second kappa shape index (κ2) is 4.47. The van der Waals surface area contributed by atoms with E-state index in [2.05, 4.69) is 5.32 Å². The minimum atomic E-state index is -0.814. The fourth-order valence-corrected chi connectivity index (χ4v) is 2.24. The molecule has 0 aromatic carbocycles. The zero-order valence-corrected chi connectivity index (χ0v) is 8.81. The number of halogens is 1. The van der Waals surface area contributed by atoms with Crippen LogP contribution in [0.2, 0.25) is 0 Å². The summed E-state index contributed by atoms with van der Waals surface area (Å²) in [5.41, 5.74) is -0.165. The number of ether oxygens (including phenoxy) is 1. The van der Waals surface area contributed by atoms with Crippen molar-refractivity contribution in [1.29, 1.82) is 0 Å². The molecule has 4 nitrogen and oxygen atoms in total. The molecule has 2 heterocycles. The van der Waals surface area contributed by atoms with Gasteiger partial charge in [0.05, 0.1) is 5.60 Å². The molecule has 2 aliphatic rings. The van der Waals surface area contributed by atoms with E-state index in [0.717, 1.165) is 32.4 Å². The summed E-state index contributed by atoms with van der Waals surface area (Å²) in [4.78, 5) is 10.7. The van der Waals surface area contributed by atoms with Crippen molar-refractivity contribution in [2.45, 2.75) is 37.4 Å². The number of hydrogen-bond donors (Lipinski definition) is 2. The molecule has 2 rings (SSSR count). The van der Waals surface area contributed by atoms with E-state index in [0.29, 0.717) is 6.42 Å². The van der Waals surface area contributed by atoms with E-state index in [4.69, 9.17) is 9.84 Å². The summed E-state index contributed by atoms with van der Waals surface area (Å²) in [5, 5.41) is 12.1. The SMILES string of the molecule is Cl.O=C(O)C1CCCC2(CCNC2)O1. The Balaban J connectivity index is 0.000000980. The molecule has 14 heavy (non-hydrogen) atoms. The first-order chi connectivity index (χ1) is 6.22. The van der Waals surface area contributed by atoms with Gasteiger partial charge in [-0.3, -0.25) is 0 Å². The number of carbonyl (C=O) groups is 1. The zero-order chi connectivity index (χ0) is 9.31. The van der Waals surface area contributed by atoms with Gasteiger partial charge < -0.3 is 15.2 Å². The maximum absolute atomic E-state index is 10.7. The third-order valence-corrected chi connectivity index (χ3v) is 2.97. The molecule has 2 fully saturated rings. The van der Waals surface area contributed by atoms with Crippen LogP contribution < -0.4 is 5.32 Å². The Morgan fingerprint density at radius 3 is 2.86 bits per heavy atom. The lowest BCUT2D eigenvalue weighted by molar-refractivity contribution is -0.171. The third kappa shape index (κ3) is 2.19. The number of aliphatic carboxylic acids is 1. The van der Waals surface area contributed by atoms with Gasteiger partial charge in [-0.25, -0.2) is 4.79 Å². The van der Waals surface area contributed by atoms with E-state index in [1.54, 1.807) is 0 Å². The summed E-state index contributed by atoms with van der Waals surface area (Å²) < 4.78 is 5.63. The number of nitrogens with one attached hydrogen (secondary N) is 1. The minimum absolute atomic E-state index is 0. The van der Waals surface area contributed by atoms with Crippen LogP contribution in [0.4, 0.5) is 0 Å². The second-order valence-corrected chi connectivity index (χ2v) is 3.95. The fraction of sp³-hybridized carbons (Fsp3) is 0.889. The van der Waals surface area contributed by atoms with Crippen LogP contribution in [-0.2, 0) is 9.53 Å². The molecule has 0 saturated carbocycles. The summed E-state index contributed by atoms with van der Waals surface area (Å²) in [6.45, 7) is 1.77. The van der Waals surface area contributed by atoms with Gasteiger partial charge in [0, 0.05) is 6.54 Å². The van der Waals surface area contributed by atoms with Gasteiger partial charge in [0.25, 0.3) is 0 Å². The van der Waals surface area contributed by atoms with Crippen LogP contribution in [0.5, 0.6) is 0 Å². The van der Waals surface area contributed by atoms with Gasteiger partial charge in [0.2, 0.25) is 0 Å². The standard InChI is InChI=1S/C9H15NO3.ClH/c11-8(12)7-2-1-3-9(13-7)4-5-10-6-9;/h7,10H,1-6H2,(H,11,12);1H. The molecule has 0 aromatic rings. The molecule has 0 radical (unpaired) electrons. The molecule has 5 heteroatoms. The van der Waals surface area contributed by atoms with E-state index >= 15 is 0 Å². The van der Waals surface area contributed by atoms with Gasteiger partial charge in [0.1, 0.15) is 0 Å². The topological polar surface area (TPSA) is 58.6 Å². The lowest BCUT2D eigenvalue weighted by atomic mass is 9.91. The molecule has 0 bridgehead atoms. The smallest absolute Gasteiger partial charge is 0.332 e. The summed E-state index contributed by atoms with van der Waals surface area (Å²) in [7, 11) is 0. The molecule has 2 aliphatic heterocycles. The largest absolute Gasteiger partial charge is 0.479 e. The lowest BCUT2D eigenvalue weighted by Gasteiger charge is -2.36. The van der Waals surface area contributed by atoms with Gasteiger partial charge in [-0.2, -0.15) is 0 Å². The summed E-state index contributed by atoms with van der Waals surface area (Å²) in [5.74, 6) is -0.814. The molecule has 0 aliphatic carbocycles. The van der Waals surface area contributed by atoms with Gasteiger partial charge >= 0.3 is 5.97 Å². The Hall–Kier alpha value is -0.320. The number of rotatable bonds is 1. The van der Waals surface area contributed by atoms with E-state index in [1.165, 1.54) is 0 Å². The van der Waals surface area contributed by atoms with E-state index in [-0.39, 0.29) is 18.0 Å². The van der Waals surface area contributed by atoms with Crippen molar-refractivity contribution in [3.63, 3.8) is 0 Å². The molecule has 82 valence electrons. The Bertz CT molecular complexity index is 216. The Labute approximate surface area is 89.4 Å². The molecule has 2 atom stereocenters. The van der Waals surface area contributed by atoms with Crippen molar-refractivity contribution in [3.05, 3.63) is 0 Å². The minimum Gasteiger partial charge on any atom is -0.479 e. The lowest BCUT2D eigenvalue weighted by Crippen LogP contribution is -2.45. The molecule has 1 spiro atoms. The average molecular weight is 222 g/mol. The van der Waals surface area contributed by atoms with Crippen molar-refractivity contribution in [2.75, 3.05) is 13.1 Å². The van der Waals surface area contributed by atoms with Crippen molar-refractivity contribution >= 4 is 18.4 Å². The highest BCUT2D eigenvalue weighted by atomic mass is 35.5. The highest BCUT2D eigenvalue weighted by Gasteiger charge is 2.41. The van der Waals surface area contributed by atoms with Crippen LogP contribution in [0.1, 0.15) is 25.7 Å². The molecule has 2 saturated heterocycles. The monoisotopic (exact) mass is 221 g/mol. The number of hydrogen-bond acceptors (Lipinski definition) is 3. The predicted octanol–water partition coefficient (Wildman–Crippen LogP) is 0.794. The number of carboxylic acid groups (broad SMARTS) is 1. The summed E-state index contributed by atoms with van der Waals surface area (Å²) >= 11 is 0. The van der Waals surface area contributed by atoms with E-state index in [9.17, 15) is 4.79 Å². The highest BCUT2D eigenvalue weighted by molar-refractivity contribution is 5.85. The molecular formula is C9H16ClNO3. The first kappa shape index (κ1) is 11.8. The van der Waals surface area contributed by atoms with E-state index in [1.807, 2.05) is 0 Å². The quantitative estimate of drug-likeness (QED) is 0.688. The Morgan fingerprint density at radius 2 is 2.29 bits per heavy atom. The third-order valence-electron chi connectivity index (χ3n) is 2.97. The normalized spacial score (nSPS) is 36.7. The van der Waals surface area contributed by atoms with Gasteiger partial charge in [-0.1, -0.05) is 0 Å². The van der Waals surface area contributed by atoms with Crippen LogP contribution in [0.25, 0.3) is 0 Å². The molecule has 2 N–H and O–H groups in total. The molecule has 0 aromatic heterocycles. The Kier molecular flexibility index (Phi) is 3.75. The molecular weight excluding hydrogens is 206 g/mol. The van der Waals surface area contributed by atoms with Crippen LogP contribution >= 0.6 is 12.4 Å². The van der Waals surface area contributed by atoms with Crippen LogP contribution in [0.3, 0.4) is 0 Å².